The van der Waals surface area contributed by atoms with E-state index in [1.165, 1.54) is 12.4 Å². The van der Waals surface area contributed by atoms with Crippen LogP contribution in [-0.2, 0) is 0 Å². The second-order valence-electron chi connectivity index (χ2n) is 3.59. The van der Waals surface area contributed by atoms with E-state index in [0.717, 1.165) is 11.4 Å². The van der Waals surface area contributed by atoms with Crippen LogP contribution < -0.4 is 21.3 Å². The van der Waals surface area contributed by atoms with Gasteiger partial charge in [-0.15, -0.1) is 0 Å². The van der Waals surface area contributed by atoms with Gasteiger partial charge < -0.3 is 20.8 Å². The molecule has 0 spiro atoms. The van der Waals surface area contributed by atoms with Gasteiger partial charge in [0.15, 0.2) is 0 Å². The second-order valence-corrected chi connectivity index (χ2v) is 3.59. The third kappa shape index (κ3) is 3.33. The summed E-state index contributed by atoms with van der Waals surface area (Å²) in [7, 11) is 0. The molecule has 0 atom stereocenters. The van der Waals surface area contributed by atoms with E-state index >= 15 is 0 Å². The van der Waals surface area contributed by atoms with Gasteiger partial charge >= 0.3 is 0 Å². The van der Waals surface area contributed by atoms with Gasteiger partial charge in [0.1, 0.15) is 18.2 Å². The minimum Gasteiger partial charge on any atom is -0.492 e. The average molecular weight is 246 g/mol. The number of nitrogens with two attached hydrogens (primary N) is 1. The molecule has 2 aromatic rings. The Kier molecular flexibility index (Phi) is 3.93. The van der Waals surface area contributed by atoms with Crippen molar-refractivity contribution in [1.29, 1.82) is 0 Å². The fourth-order valence-electron chi connectivity index (χ4n) is 1.43. The highest BCUT2D eigenvalue weighted by atomic mass is 16.5. The zero-order valence-electron chi connectivity index (χ0n) is 9.72. The summed E-state index contributed by atoms with van der Waals surface area (Å²) < 4.78 is 5.40. The normalized spacial score (nSPS) is 10.1. The van der Waals surface area contributed by atoms with Crippen LogP contribution in [0.1, 0.15) is 0 Å². The predicted octanol–water partition coefficient (Wildman–Crippen LogP) is 0.851. The Balaban J connectivity index is 2.11. The van der Waals surface area contributed by atoms with E-state index in [1.807, 2.05) is 24.3 Å². The zero-order valence-corrected chi connectivity index (χ0v) is 9.72. The maximum Gasteiger partial charge on any atom is 0.252 e. The maximum atomic E-state index is 11.1. The number of benzene rings is 1. The first-order valence-corrected chi connectivity index (χ1v) is 5.52. The maximum absolute atomic E-state index is 11.1. The lowest BCUT2D eigenvalue weighted by Gasteiger charge is -2.08. The largest absolute Gasteiger partial charge is 0.492 e. The summed E-state index contributed by atoms with van der Waals surface area (Å²) in [6, 6.07) is 8.75. The van der Waals surface area contributed by atoms with Gasteiger partial charge in [-0.3, -0.25) is 4.79 Å². The van der Waals surface area contributed by atoms with Crippen LogP contribution in [0.15, 0.2) is 41.5 Å². The number of rotatable bonds is 5. The fourth-order valence-corrected chi connectivity index (χ4v) is 1.43. The fraction of sp³-hybridized carbons (Fsp3) is 0.167. The van der Waals surface area contributed by atoms with Crippen LogP contribution in [0, 0.1) is 0 Å². The third-order valence-corrected chi connectivity index (χ3v) is 2.17. The Morgan fingerprint density at radius 1 is 1.39 bits per heavy atom. The molecular weight excluding hydrogens is 232 g/mol. The van der Waals surface area contributed by atoms with E-state index in [9.17, 15) is 4.79 Å². The molecule has 0 saturated heterocycles. The molecule has 1 aromatic heterocycles. The molecule has 94 valence electrons. The first-order valence-electron chi connectivity index (χ1n) is 5.52. The van der Waals surface area contributed by atoms with Crippen LogP contribution in [0.2, 0.25) is 0 Å². The highest BCUT2D eigenvalue weighted by Crippen LogP contribution is 2.19. The molecule has 0 aliphatic carbocycles. The van der Waals surface area contributed by atoms with Crippen LogP contribution in [0.4, 0.5) is 11.5 Å². The van der Waals surface area contributed by atoms with Gasteiger partial charge in [-0.25, -0.2) is 4.98 Å². The van der Waals surface area contributed by atoms with Crippen molar-refractivity contribution in [2.75, 3.05) is 18.5 Å². The summed E-state index contributed by atoms with van der Waals surface area (Å²) >= 11 is 0. The lowest BCUT2D eigenvalue weighted by atomic mass is 10.3. The molecule has 0 aliphatic rings. The molecule has 2 rings (SSSR count). The van der Waals surface area contributed by atoms with Crippen LogP contribution in [-0.4, -0.2) is 23.1 Å². The van der Waals surface area contributed by atoms with Crippen molar-refractivity contribution in [3.05, 3.63) is 47.0 Å². The number of aromatic nitrogens is 2. The summed E-state index contributed by atoms with van der Waals surface area (Å²) in [5, 5.41) is 3.02. The van der Waals surface area contributed by atoms with Crippen molar-refractivity contribution in [1.82, 2.24) is 9.97 Å². The molecular formula is C12H14N4O2. The van der Waals surface area contributed by atoms with E-state index < -0.39 is 0 Å². The first kappa shape index (κ1) is 12.1. The third-order valence-electron chi connectivity index (χ3n) is 2.17. The van der Waals surface area contributed by atoms with Crippen LogP contribution in [0.3, 0.4) is 0 Å². The molecule has 0 unspecified atom stereocenters. The summed E-state index contributed by atoms with van der Waals surface area (Å²) in [6.45, 7) is 0.931. The lowest BCUT2D eigenvalue weighted by Crippen LogP contribution is -2.10. The number of ether oxygens (including phenoxy) is 1. The number of H-pyrrole nitrogens is 1. The highest BCUT2D eigenvalue weighted by molar-refractivity contribution is 5.57. The van der Waals surface area contributed by atoms with Gasteiger partial charge in [-0.05, 0) is 12.1 Å². The average Bonchev–Trinajstić information content (AvgIpc) is 2.37. The lowest BCUT2D eigenvalue weighted by molar-refractivity contribution is 0.328. The first-order chi connectivity index (χ1) is 8.78. The van der Waals surface area contributed by atoms with Crippen molar-refractivity contribution in [3.63, 3.8) is 0 Å². The Bertz CT molecular complexity index is 568. The number of aromatic amines is 1. The quantitative estimate of drug-likeness (QED) is 0.727. The minimum absolute atomic E-state index is 0.206. The molecule has 0 bridgehead atoms. The van der Waals surface area contributed by atoms with E-state index in [1.54, 1.807) is 0 Å². The topological polar surface area (TPSA) is 93.0 Å². The zero-order chi connectivity index (χ0) is 12.8. The van der Waals surface area contributed by atoms with Crippen molar-refractivity contribution in [2.45, 2.75) is 0 Å². The molecule has 0 radical (unpaired) electrons. The summed E-state index contributed by atoms with van der Waals surface area (Å²) in [5.41, 5.74) is 5.95. The molecule has 0 amide bonds. The second kappa shape index (κ2) is 5.83. The number of nitrogens with zero attached hydrogens (tertiary/aromatic N) is 1. The van der Waals surface area contributed by atoms with Gasteiger partial charge in [0.25, 0.3) is 5.56 Å². The van der Waals surface area contributed by atoms with Crippen molar-refractivity contribution in [3.8, 4) is 5.75 Å². The van der Waals surface area contributed by atoms with E-state index in [2.05, 4.69) is 15.3 Å². The molecule has 18 heavy (non-hydrogen) atoms. The summed E-state index contributed by atoms with van der Waals surface area (Å²) in [5.74, 6) is 1.20. The minimum atomic E-state index is -0.206. The van der Waals surface area contributed by atoms with Gasteiger partial charge in [0.2, 0.25) is 0 Å². The van der Waals surface area contributed by atoms with Crippen molar-refractivity contribution in [2.24, 2.45) is 5.73 Å². The molecule has 6 nitrogen and oxygen atoms in total. The van der Waals surface area contributed by atoms with Crippen LogP contribution >= 0.6 is 0 Å². The van der Waals surface area contributed by atoms with Crippen molar-refractivity contribution < 1.29 is 4.74 Å². The molecule has 1 heterocycles. The Hall–Kier alpha value is -2.34. The molecule has 4 N–H and O–H groups in total. The molecule has 0 fully saturated rings. The van der Waals surface area contributed by atoms with Gasteiger partial charge in [0, 0.05) is 24.4 Å². The monoisotopic (exact) mass is 246 g/mol. The predicted molar refractivity (Wildman–Crippen MR) is 69.1 cm³/mol. The van der Waals surface area contributed by atoms with E-state index in [4.69, 9.17) is 10.5 Å². The standard InChI is InChI=1S/C12H14N4O2/c13-4-5-18-10-3-1-2-9(6-10)16-11-7-12(17)15-8-14-11/h1-3,6-8H,4-5,13H2,(H2,14,15,16,17). The molecule has 6 heteroatoms. The van der Waals surface area contributed by atoms with Crippen LogP contribution in [0.5, 0.6) is 5.75 Å². The van der Waals surface area contributed by atoms with E-state index in [0.29, 0.717) is 19.0 Å². The highest BCUT2D eigenvalue weighted by Gasteiger charge is 1.99. The number of nitrogens with one attached hydrogen (secondary N) is 2. The van der Waals surface area contributed by atoms with Gasteiger partial charge in [0.05, 0.1) is 6.33 Å². The number of hydrogen-bond acceptors (Lipinski definition) is 5. The summed E-state index contributed by atoms with van der Waals surface area (Å²) in [6.07, 6.45) is 1.35. The molecule has 0 saturated carbocycles. The van der Waals surface area contributed by atoms with Crippen molar-refractivity contribution >= 4 is 11.5 Å². The molecule has 1 aromatic carbocycles. The number of anilines is 2. The Morgan fingerprint density at radius 3 is 3.06 bits per heavy atom. The Labute approximate surface area is 104 Å². The van der Waals surface area contributed by atoms with E-state index in [-0.39, 0.29) is 5.56 Å². The smallest absolute Gasteiger partial charge is 0.252 e. The van der Waals surface area contributed by atoms with Crippen LogP contribution in [0.25, 0.3) is 0 Å². The molecule has 0 aliphatic heterocycles. The van der Waals surface area contributed by atoms with Gasteiger partial charge in [-0.1, -0.05) is 6.07 Å². The SMILES string of the molecule is NCCOc1cccc(Nc2cc(=O)[nH]cn2)c1. The Morgan fingerprint density at radius 2 is 2.28 bits per heavy atom. The number of hydrogen-bond donors (Lipinski definition) is 3. The van der Waals surface area contributed by atoms with Gasteiger partial charge in [-0.2, -0.15) is 0 Å². The summed E-state index contributed by atoms with van der Waals surface area (Å²) in [4.78, 5) is 17.6.